The summed E-state index contributed by atoms with van der Waals surface area (Å²) >= 11 is 0. The Balaban J connectivity index is 1.36. The van der Waals surface area contributed by atoms with E-state index in [1.54, 1.807) is 0 Å². The molecule has 4 aromatic rings. The van der Waals surface area contributed by atoms with Crippen LogP contribution in [-0.4, -0.2) is 42.4 Å². The lowest BCUT2D eigenvalue weighted by molar-refractivity contribution is -0.317. The molecule has 1 heterocycles. The van der Waals surface area contributed by atoms with Crippen LogP contribution in [0.1, 0.15) is 22.3 Å². The highest BCUT2D eigenvalue weighted by Crippen LogP contribution is 2.30. The lowest BCUT2D eigenvalue weighted by atomic mass is 9.98. The number of ether oxygens (including phenoxy) is 5. The minimum atomic E-state index is -1.22. The zero-order valence-electron chi connectivity index (χ0n) is 22.5. The van der Waals surface area contributed by atoms with Gasteiger partial charge in [0.15, 0.2) is 6.29 Å². The summed E-state index contributed by atoms with van der Waals surface area (Å²) in [6.07, 6.45) is -3.72. The second kappa shape index (κ2) is 14.9. The van der Waals surface area contributed by atoms with Crippen LogP contribution in [0.3, 0.4) is 0 Å². The monoisotopic (exact) mass is 540 g/mol. The van der Waals surface area contributed by atoms with Gasteiger partial charge in [0, 0.05) is 0 Å². The van der Waals surface area contributed by atoms with Crippen LogP contribution in [0, 0.1) is 0 Å². The highest BCUT2D eigenvalue weighted by Gasteiger charge is 2.48. The molecule has 1 aliphatic rings. The second-order valence-corrected chi connectivity index (χ2v) is 9.85. The van der Waals surface area contributed by atoms with Crippen LogP contribution >= 0.6 is 0 Å². The van der Waals surface area contributed by atoms with Gasteiger partial charge in [-0.15, -0.1) is 0 Å². The van der Waals surface area contributed by atoms with Crippen molar-refractivity contribution in [3.05, 3.63) is 144 Å². The van der Waals surface area contributed by atoms with Gasteiger partial charge in [0.2, 0.25) is 0 Å². The molecule has 1 aliphatic heterocycles. The van der Waals surface area contributed by atoms with Crippen LogP contribution in [0.25, 0.3) is 0 Å². The number of aliphatic hydroxyl groups is 1. The van der Waals surface area contributed by atoms with E-state index < -0.39 is 30.7 Å². The van der Waals surface area contributed by atoms with Crippen LogP contribution in [0.2, 0.25) is 0 Å². The maximum absolute atomic E-state index is 11.2. The molecule has 4 aromatic carbocycles. The Morgan fingerprint density at radius 3 is 1.30 bits per heavy atom. The second-order valence-electron chi connectivity index (χ2n) is 9.85. The first-order valence-corrected chi connectivity index (χ1v) is 13.7. The van der Waals surface area contributed by atoms with Crippen molar-refractivity contribution in [2.45, 2.75) is 57.1 Å². The summed E-state index contributed by atoms with van der Waals surface area (Å²) in [5.41, 5.74) is 4.10. The molecule has 0 amide bonds. The Morgan fingerprint density at radius 2 is 0.850 bits per heavy atom. The molecule has 1 N–H and O–H groups in total. The quantitative estimate of drug-likeness (QED) is 0.236. The topological polar surface area (TPSA) is 66.4 Å². The Labute approximate surface area is 236 Å². The lowest BCUT2D eigenvalue weighted by Crippen LogP contribution is -2.61. The predicted molar refractivity (Wildman–Crippen MR) is 152 cm³/mol. The minimum Gasteiger partial charge on any atom is -0.374 e. The molecule has 0 spiro atoms. The fourth-order valence-electron chi connectivity index (χ4n) is 4.77. The maximum Gasteiger partial charge on any atom is 0.184 e. The molecule has 6 nitrogen and oxygen atoms in total. The van der Waals surface area contributed by atoms with Crippen LogP contribution in [0.15, 0.2) is 121 Å². The number of benzene rings is 4. The van der Waals surface area contributed by atoms with Crippen molar-refractivity contribution in [1.29, 1.82) is 0 Å². The Hall–Kier alpha value is -3.36. The first-order chi connectivity index (χ1) is 19.8. The number of hydrogen-bond donors (Lipinski definition) is 1. The van der Waals surface area contributed by atoms with E-state index in [-0.39, 0.29) is 6.61 Å². The fourth-order valence-corrected chi connectivity index (χ4v) is 4.77. The van der Waals surface area contributed by atoms with Crippen molar-refractivity contribution in [2.75, 3.05) is 6.61 Å². The number of rotatable bonds is 13. The van der Waals surface area contributed by atoms with Gasteiger partial charge < -0.3 is 28.8 Å². The van der Waals surface area contributed by atoms with Gasteiger partial charge in [-0.3, -0.25) is 0 Å². The van der Waals surface area contributed by atoms with Crippen LogP contribution in [0.4, 0.5) is 0 Å². The van der Waals surface area contributed by atoms with Crippen LogP contribution in [0.5, 0.6) is 0 Å². The summed E-state index contributed by atoms with van der Waals surface area (Å²) in [5.74, 6) is 0. The van der Waals surface area contributed by atoms with E-state index in [4.69, 9.17) is 23.7 Å². The van der Waals surface area contributed by atoms with E-state index >= 15 is 0 Å². The summed E-state index contributed by atoms with van der Waals surface area (Å²) < 4.78 is 31.4. The molecule has 0 aromatic heterocycles. The third-order valence-electron chi connectivity index (χ3n) is 6.86. The van der Waals surface area contributed by atoms with Gasteiger partial charge in [-0.2, -0.15) is 0 Å². The third kappa shape index (κ3) is 8.08. The normalized spacial score (nSPS) is 22.7. The van der Waals surface area contributed by atoms with Gasteiger partial charge in [0.25, 0.3) is 0 Å². The Kier molecular flexibility index (Phi) is 10.5. The van der Waals surface area contributed by atoms with E-state index in [0.717, 1.165) is 22.3 Å². The molecular formula is C34H36O6. The van der Waals surface area contributed by atoms with E-state index in [1.165, 1.54) is 0 Å². The van der Waals surface area contributed by atoms with Gasteiger partial charge in [-0.25, -0.2) is 0 Å². The van der Waals surface area contributed by atoms with E-state index in [1.807, 2.05) is 121 Å². The summed E-state index contributed by atoms with van der Waals surface area (Å²) in [7, 11) is 0. The van der Waals surface area contributed by atoms with Gasteiger partial charge >= 0.3 is 0 Å². The molecule has 5 rings (SSSR count). The highest BCUT2D eigenvalue weighted by atomic mass is 16.7. The molecule has 1 unspecified atom stereocenters. The van der Waals surface area contributed by atoms with Crippen molar-refractivity contribution in [3.8, 4) is 0 Å². The first-order valence-electron chi connectivity index (χ1n) is 13.7. The molecule has 1 fully saturated rings. The Bertz CT molecular complexity index is 1240. The standard InChI is InChI=1S/C34H36O6/c35-34-33(39-24-29-19-11-4-12-20-29)32(38-23-28-17-9-3-10-18-28)31(37-22-27-15-7-2-8-16-27)30(40-34)25-36-21-26-13-5-1-6-14-26/h1-20,30-35H,21-25H2/t30-,31+,32-,33+,34?/m0/s1. The number of aliphatic hydroxyl groups excluding tert-OH is 1. The van der Waals surface area contributed by atoms with Crippen molar-refractivity contribution in [1.82, 2.24) is 0 Å². The Morgan fingerprint density at radius 1 is 0.475 bits per heavy atom. The molecule has 5 atom stereocenters. The molecular weight excluding hydrogens is 504 g/mol. The van der Waals surface area contributed by atoms with Crippen molar-refractivity contribution < 1.29 is 28.8 Å². The third-order valence-corrected chi connectivity index (χ3v) is 6.86. The number of hydrogen-bond acceptors (Lipinski definition) is 6. The van der Waals surface area contributed by atoms with E-state index in [0.29, 0.717) is 26.4 Å². The first kappa shape index (κ1) is 28.2. The SMILES string of the molecule is OC1O[C@@H](COCc2ccccc2)[C@@H](OCc2ccccc2)[C@H](OCc2ccccc2)[C@H]1OCc1ccccc1. The molecule has 0 saturated carbocycles. The van der Waals surface area contributed by atoms with Crippen molar-refractivity contribution in [2.24, 2.45) is 0 Å². The smallest absolute Gasteiger partial charge is 0.184 e. The van der Waals surface area contributed by atoms with Gasteiger partial charge in [-0.1, -0.05) is 121 Å². The lowest BCUT2D eigenvalue weighted by Gasteiger charge is -2.44. The highest BCUT2D eigenvalue weighted by molar-refractivity contribution is 5.16. The van der Waals surface area contributed by atoms with Gasteiger partial charge in [0.05, 0.1) is 33.0 Å². The average Bonchev–Trinajstić information content (AvgIpc) is 3.01. The predicted octanol–water partition coefficient (Wildman–Crippen LogP) is 5.68. The van der Waals surface area contributed by atoms with Gasteiger partial charge in [0.1, 0.15) is 24.4 Å². The summed E-state index contributed by atoms with van der Waals surface area (Å²) in [4.78, 5) is 0. The minimum absolute atomic E-state index is 0.224. The van der Waals surface area contributed by atoms with Crippen LogP contribution in [-0.2, 0) is 50.1 Å². The molecule has 0 radical (unpaired) electrons. The summed E-state index contributed by atoms with van der Waals surface area (Å²) in [6, 6.07) is 39.7. The largest absolute Gasteiger partial charge is 0.374 e. The van der Waals surface area contributed by atoms with Crippen LogP contribution < -0.4 is 0 Å². The van der Waals surface area contributed by atoms with Gasteiger partial charge in [-0.05, 0) is 22.3 Å². The maximum atomic E-state index is 11.2. The van der Waals surface area contributed by atoms with E-state index in [2.05, 4.69) is 0 Å². The van der Waals surface area contributed by atoms with Crippen molar-refractivity contribution >= 4 is 0 Å². The average molecular weight is 541 g/mol. The van der Waals surface area contributed by atoms with E-state index in [9.17, 15) is 5.11 Å². The zero-order chi connectivity index (χ0) is 27.4. The summed E-state index contributed by atoms with van der Waals surface area (Å²) in [5, 5.41) is 11.2. The molecule has 208 valence electrons. The fraction of sp³-hybridized carbons (Fsp3) is 0.294. The zero-order valence-corrected chi connectivity index (χ0v) is 22.5. The molecule has 0 aliphatic carbocycles. The summed E-state index contributed by atoms with van der Waals surface area (Å²) in [6.45, 7) is 1.65. The van der Waals surface area contributed by atoms with Crippen molar-refractivity contribution in [3.63, 3.8) is 0 Å². The molecule has 40 heavy (non-hydrogen) atoms. The molecule has 1 saturated heterocycles. The molecule has 6 heteroatoms. The molecule has 0 bridgehead atoms.